The van der Waals surface area contributed by atoms with Gasteiger partial charge in [-0.25, -0.2) is 13.6 Å². The van der Waals surface area contributed by atoms with Crippen molar-refractivity contribution >= 4 is 17.8 Å². The van der Waals surface area contributed by atoms with Gasteiger partial charge in [-0.05, 0) is 26.3 Å². The highest BCUT2D eigenvalue weighted by molar-refractivity contribution is 5.86. The Morgan fingerprint density at radius 2 is 2.07 bits per heavy atom. The number of carbonyl (C=O) groups excluding carboxylic acids is 3. The summed E-state index contributed by atoms with van der Waals surface area (Å²) >= 11 is 0. The van der Waals surface area contributed by atoms with Crippen LogP contribution in [0.5, 0.6) is 0 Å². The fraction of sp³-hybridized carbons (Fsp3) is 0.550. The molecule has 3 atom stereocenters. The van der Waals surface area contributed by atoms with Crippen LogP contribution >= 0.6 is 0 Å². The van der Waals surface area contributed by atoms with Gasteiger partial charge in [-0.1, -0.05) is 12.1 Å². The Bertz CT molecular complexity index is 758. The van der Waals surface area contributed by atoms with Gasteiger partial charge >= 0.3 is 5.97 Å². The summed E-state index contributed by atoms with van der Waals surface area (Å²) in [7, 11) is 1.41. The van der Waals surface area contributed by atoms with Crippen LogP contribution in [0.25, 0.3) is 0 Å². The van der Waals surface area contributed by atoms with Crippen molar-refractivity contribution in [3.8, 4) is 0 Å². The van der Waals surface area contributed by atoms with E-state index >= 15 is 0 Å². The molecular weight excluding hydrogens is 386 g/mol. The first-order chi connectivity index (χ1) is 13.8. The summed E-state index contributed by atoms with van der Waals surface area (Å²) in [6.07, 6.45) is -0.0621. The van der Waals surface area contributed by atoms with Crippen molar-refractivity contribution in [1.82, 2.24) is 10.2 Å². The minimum Gasteiger partial charge on any atom is -0.464 e. The normalized spacial score (nSPS) is 18.4. The number of amides is 2. The summed E-state index contributed by atoms with van der Waals surface area (Å²) in [6.45, 7) is 3.31. The SMILES string of the molecule is CCOC(=O)[C@@H](NC(=O)C[C@@H]1CCC(=O)N1Cc1cccc(F)c1F)[C@@H](C)OC. The Morgan fingerprint density at radius 1 is 1.34 bits per heavy atom. The Kier molecular flexibility index (Phi) is 8.07. The van der Waals surface area contributed by atoms with Gasteiger partial charge in [-0.15, -0.1) is 0 Å². The van der Waals surface area contributed by atoms with Gasteiger partial charge in [0.25, 0.3) is 0 Å². The summed E-state index contributed by atoms with van der Waals surface area (Å²) < 4.78 is 37.5. The van der Waals surface area contributed by atoms with Crippen molar-refractivity contribution in [1.29, 1.82) is 0 Å². The molecule has 0 radical (unpaired) electrons. The van der Waals surface area contributed by atoms with Crippen LogP contribution in [0.4, 0.5) is 8.78 Å². The van der Waals surface area contributed by atoms with Crippen molar-refractivity contribution in [3.63, 3.8) is 0 Å². The maximum absolute atomic E-state index is 14.0. The number of ether oxygens (including phenoxy) is 2. The van der Waals surface area contributed by atoms with Gasteiger partial charge in [0, 0.05) is 38.1 Å². The molecule has 0 unspecified atom stereocenters. The summed E-state index contributed by atoms with van der Waals surface area (Å²) in [5.74, 6) is -3.31. The number of nitrogens with one attached hydrogen (secondary N) is 1. The average Bonchev–Trinajstić information content (AvgIpc) is 3.02. The molecule has 7 nitrogen and oxygen atoms in total. The van der Waals surface area contributed by atoms with Crippen molar-refractivity contribution in [3.05, 3.63) is 35.4 Å². The second kappa shape index (κ2) is 10.3. The largest absolute Gasteiger partial charge is 0.464 e. The maximum atomic E-state index is 14.0. The van der Waals surface area contributed by atoms with E-state index in [2.05, 4.69) is 5.32 Å². The second-order valence-corrected chi connectivity index (χ2v) is 6.87. The van der Waals surface area contributed by atoms with Gasteiger partial charge in [-0.3, -0.25) is 9.59 Å². The fourth-order valence-electron chi connectivity index (χ4n) is 3.26. The standard InChI is InChI=1S/C20H26F2N2O5/c1-4-29-20(27)19(12(2)28-3)23-16(25)10-14-8-9-17(26)24(14)11-13-6-5-7-15(21)18(13)22/h5-7,12,14,19H,4,8-11H2,1-3H3,(H,23,25)/t12-,14+,19+/m1/s1. The van der Waals surface area contributed by atoms with E-state index in [9.17, 15) is 23.2 Å². The average molecular weight is 412 g/mol. The first-order valence-electron chi connectivity index (χ1n) is 9.49. The van der Waals surface area contributed by atoms with E-state index in [0.717, 1.165) is 6.07 Å². The second-order valence-electron chi connectivity index (χ2n) is 6.87. The highest BCUT2D eigenvalue weighted by atomic mass is 19.2. The van der Waals surface area contributed by atoms with Crippen molar-refractivity contribution < 1.29 is 32.6 Å². The molecule has 2 rings (SSSR count). The number of nitrogens with zero attached hydrogens (tertiary/aromatic N) is 1. The van der Waals surface area contributed by atoms with Crippen molar-refractivity contribution in [2.75, 3.05) is 13.7 Å². The number of halogens is 2. The minimum absolute atomic E-state index is 0.0445. The molecule has 1 N–H and O–H groups in total. The van der Waals surface area contributed by atoms with Gasteiger partial charge in [0.1, 0.15) is 0 Å². The number of benzene rings is 1. The van der Waals surface area contributed by atoms with Crippen molar-refractivity contribution in [2.24, 2.45) is 0 Å². The Morgan fingerprint density at radius 3 is 2.72 bits per heavy atom. The highest BCUT2D eigenvalue weighted by Gasteiger charge is 2.35. The van der Waals surface area contributed by atoms with Gasteiger partial charge in [0.2, 0.25) is 11.8 Å². The summed E-state index contributed by atoms with van der Waals surface area (Å²) in [4.78, 5) is 38.2. The van der Waals surface area contributed by atoms with Crippen LogP contribution in [0.3, 0.4) is 0 Å². The van der Waals surface area contributed by atoms with E-state index in [1.807, 2.05) is 0 Å². The third-order valence-corrected chi connectivity index (χ3v) is 4.94. The first kappa shape index (κ1) is 22.7. The molecule has 1 heterocycles. The zero-order valence-electron chi connectivity index (χ0n) is 16.7. The van der Waals surface area contributed by atoms with Crippen molar-refractivity contribution in [2.45, 2.75) is 57.8 Å². The van der Waals surface area contributed by atoms with Crippen LogP contribution < -0.4 is 5.32 Å². The molecule has 1 aromatic carbocycles. The summed E-state index contributed by atoms with van der Waals surface area (Å²) in [6, 6.07) is 2.30. The highest BCUT2D eigenvalue weighted by Crippen LogP contribution is 2.25. The predicted octanol–water partition coefficient (Wildman–Crippen LogP) is 1.93. The molecule has 29 heavy (non-hydrogen) atoms. The fourth-order valence-corrected chi connectivity index (χ4v) is 3.26. The maximum Gasteiger partial charge on any atom is 0.331 e. The molecule has 160 valence electrons. The van der Waals surface area contributed by atoms with Crippen LogP contribution in [-0.2, 0) is 30.4 Å². The first-order valence-corrected chi connectivity index (χ1v) is 9.49. The van der Waals surface area contributed by atoms with Gasteiger partial charge in [0.05, 0.1) is 12.7 Å². The number of methoxy groups -OCH3 is 1. The Labute approximate surface area is 168 Å². The van der Waals surface area contributed by atoms with Crippen LogP contribution in [0, 0.1) is 11.6 Å². The smallest absolute Gasteiger partial charge is 0.331 e. The molecule has 1 aliphatic heterocycles. The van der Waals surface area contributed by atoms with Gasteiger partial charge in [0.15, 0.2) is 17.7 Å². The van der Waals surface area contributed by atoms with E-state index < -0.39 is 41.7 Å². The minimum atomic E-state index is -1.01. The van der Waals surface area contributed by atoms with Crippen LogP contribution in [0.2, 0.25) is 0 Å². The molecule has 1 aliphatic rings. The van der Waals surface area contributed by atoms with Crippen LogP contribution in [-0.4, -0.2) is 54.6 Å². The molecular formula is C20H26F2N2O5. The molecule has 2 amide bonds. The number of likely N-dealkylation sites (tertiary alicyclic amines) is 1. The molecule has 0 aliphatic carbocycles. The van der Waals surface area contributed by atoms with E-state index in [0.29, 0.717) is 6.42 Å². The lowest BCUT2D eigenvalue weighted by Crippen LogP contribution is -2.50. The monoisotopic (exact) mass is 412 g/mol. The predicted molar refractivity (Wildman–Crippen MR) is 99.6 cm³/mol. The zero-order chi connectivity index (χ0) is 21.6. The number of hydrogen-bond donors (Lipinski definition) is 1. The number of rotatable bonds is 9. The van der Waals surface area contributed by atoms with E-state index in [-0.39, 0.29) is 37.5 Å². The molecule has 0 aromatic heterocycles. The summed E-state index contributed by atoms with van der Waals surface area (Å²) in [5.41, 5.74) is 0.0445. The third-order valence-electron chi connectivity index (χ3n) is 4.94. The zero-order valence-corrected chi connectivity index (χ0v) is 16.7. The molecule has 1 fully saturated rings. The van der Waals surface area contributed by atoms with Gasteiger partial charge in [-0.2, -0.15) is 0 Å². The van der Waals surface area contributed by atoms with E-state index in [4.69, 9.17) is 9.47 Å². The lowest BCUT2D eigenvalue weighted by Gasteiger charge is -2.27. The lowest BCUT2D eigenvalue weighted by atomic mass is 10.1. The molecule has 0 saturated carbocycles. The van der Waals surface area contributed by atoms with E-state index in [1.54, 1.807) is 13.8 Å². The molecule has 0 spiro atoms. The van der Waals surface area contributed by atoms with Gasteiger partial charge < -0.3 is 19.7 Å². The quantitative estimate of drug-likeness (QED) is 0.627. The summed E-state index contributed by atoms with van der Waals surface area (Å²) in [5, 5.41) is 2.59. The number of esters is 1. The topological polar surface area (TPSA) is 84.9 Å². The molecule has 1 aromatic rings. The number of carbonyl (C=O) groups is 3. The third kappa shape index (κ3) is 5.72. The molecule has 0 bridgehead atoms. The van der Waals surface area contributed by atoms with E-state index in [1.165, 1.54) is 24.1 Å². The molecule has 9 heteroatoms. The Balaban J connectivity index is 2.06. The Hall–Kier alpha value is -2.55. The van der Waals surface area contributed by atoms with Crippen LogP contribution in [0.15, 0.2) is 18.2 Å². The number of hydrogen-bond acceptors (Lipinski definition) is 5. The molecule has 1 saturated heterocycles. The lowest BCUT2D eigenvalue weighted by molar-refractivity contribution is -0.151. The van der Waals surface area contributed by atoms with Crippen LogP contribution in [0.1, 0.15) is 38.7 Å².